The molecule has 1 unspecified atom stereocenters. The summed E-state index contributed by atoms with van der Waals surface area (Å²) in [6.45, 7) is 5.49. The number of hydrogen-bond donors (Lipinski definition) is 1. The van der Waals surface area contributed by atoms with E-state index >= 15 is 0 Å². The number of allylic oxidation sites excluding steroid dienone is 9. The van der Waals surface area contributed by atoms with Gasteiger partial charge in [-0.05, 0) is 59.9 Å². The zero-order valence-corrected chi connectivity index (χ0v) is 15.2. The number of rotatable bonds is 5. The average Bonchev–Trinajstić information content (AvgIpc) is 2.87. The topological polar surface area (TPSA) is 26.0 Å². The van der Waals surface area contributed by atoms with Crippen LogP contribution in [0, 0.1) is 18.7 Å². The Balaban J connectivity index is 2.20. The van der Waals surface area contributed by atoms with E-state index in [1.165, 1.54) is 30.4 Å². The van der Waals surface area contributed by atoms with Gasteiger partial charge in [-0.1, -0.05) is 37.4 Å². The van der Waals surface area contributed by atoms with Crippen molar-refractivity contribution in [3.8, 4) is 0 Å². The van der Waals surface area contributed by atoms with E-state index in [9.17, 15) is 13.2 Å². The van der Waals surface area contributed by atoms with Crippen molar-refractivity contribution in [2.45, 2.75) is 27.1 Å². The Bertz CT molecular complexity index is 809. The molecule has 0 saturated heterocycles. The first-order valence-corrected chi connectivity index (χ1v) is 8.49. The molecule has 1 nitrogen and oxygen atoms in total. The van der Waals surface area contributed by atoms with E-state index in [1.807, 2.05) is 13.7 Å². The second-order valence-corrected chi connectivity index (χ2v) is 6.37. The SMILES string of the molecule is C[B]/C(=C/C=C(F)\C=C\C=C1\C=C(F)CC1C)c1c(C)cc(F)cc1N. The molecule has 0 aliphatic heterocycles. The minimum Gasteiger partial charge on any atom is -0.398 e. The van der Waals surface area contributed by atoms with Crippen LogP contribution in [-0.2, 0) is 0 Å². The quantitative estimate of drug-likeness (QED) is 0.389. The van der Waals surface area contributed by atoms with E-state index in [0.717, 1.165) is 5.57 Å². The van der Waals surface area contributed by atoms with E-state index < -0.39 is 11.6 Å². The van der Waals surface area contributed by atoms with Crippen molar-refractivity contribution in [1.29, 1.82) is 0 Å². The van der Waals surface area contributed by atoms with Crippen LogP contribution in [0.15, 0.2) is 65.8 Å². The van der Waals surface area contributed by atoms with E-state index in [-0.39, 0.29) is 11.7 Å². The Labute approximate surface area is 153 Å². The number of halogens is 3. The first kappa shape index (κ1) is 19.9. The largest absolute Gasteiger partial charge is 0.398 e. The molecule has 0 heterocycles. The highest BCUT2D eigenvalue weighted by molar-refractivity contribution is 6.60. The summed E-state index contributed by atoms with van der Waals surface area (Å²) in [5.41, 5.74) is 9.14. The van der Waals surface area contributed by atoms with Crippen molar-refractivity contribution in [3.63, 3.8) is 0 Å². The van der Waals surface area contributed by atoms with Crippen molar-refractivity contribution < 1.29 is 13.2 Å². The van der Waals surface area contributed by atoms with Gasteiger partial charge < -0.3 is 5.73 Å². The van der Waals surface area contributed by atoms with Gasteiger partial charge in [0.1, 0.15) is 24.8 Å². The van der Waals surface area contributed by atoms with Crippen LogP contribution in [0.4, 0.5) is 18.9 Å². The van der Waals surface area contributed by atoms with Gasteiger partial charge in [-0.3, -0.25) is 0 Å². The lowest BCUT2D eigenvalue weighted by molar-refractivity contribution is 0.564. The number of hydrogen-bond acceptors (Lipinski definition) is 1. The summed E-state index contributed by atoms with van der Waals surface area (Å²) in [5, 5.41) is 0. The Hall–Kier alpha value is -2.43. The minimum absolute atomic E-state index is 0.109. The van der Waals surface area contributed by atoms with Gasteiger partial charge in [0.05, 0.1) is 0 Å². The molecule has 1 aliphatic carbocycles. The van der Waals surface area contributed by atoms with E-state index in [1.54, 1.807) is 32.4 Å². The molecule has 5 heteroatoms. The zero-order chi connectivity index (χ0) is 19.3. The molecule has 0 aromatic heterocycles. The Morgan fingerprint density at radius 1 is 1.27 bits per heavy atom. The standard InChI is InChI=1S/C21H22BF3N/c1-13-9-17(24)11-15(13)5-4-6-16(23)7-8-19(22-3)21-14(2)10-18(25)12-20(21)26/h4-8,10-13H,9,26H2,1-3H3/b6-4+,15-5-,16-7+,19-8+. The molecule has 0 fully saturated rings. The molecule has 0 amide bonds. The van der Waals surface area contributed by atoms with Gasteiger partial charge in [-0.15, -0.1) is 0 Å². The molecule has 2 rings (SSSR count). The molecule has 2 N–H and O–H groups in total. The number of nitrogen functional groups attached to an aromatic ring is 1. The smallest absolute Gasteiger partial charge is 0.149 e. The maximum atomic E-state index is 14.0. The van der Waals surface area contributed by atoms with Crippen molar-refractivity contribution >= 4 is 18.4 Å². The van der Waals surface area contributed by atoms with Crippen LogP contribution < -0.4 is 5.73 Å². The number of nitrogens with two attached hydrogens (primary N) is 1. The van der Waals surface area contributed by atoms with Gasteiger partial charge in [0, 0.05) is 12.1 Å². The van der Waals surface area contributed by atoms with Gasteiger partial charge in [0.2, 0.25) is 0 Å². The summed E-state index contributed by atoms with van der Waals surface area (Å²) in [7, 11) is 1.79. The molecular weight excluding hydrogens is 334 g/mol. The Morgan fingerprint density at radius 2 is 2.00 bits per heavy atom. The monoisotopic (exact) mass is 356 g/mol. The highest BCUT2D eigenvalue weighted by Gasteiger charge is 2.16. The third-order valence-electron chi connectivity index (χ3n) is 4.29. The molecule has 1 aliphatic rings. The molecule has 0 saturated carbocycles. The Morgan fingerprint density at radius 3 is 2.58 bits per heavy atom. The van der Waals surface area contributed by atoms with E-state index in [2.05, 4.69) is 0 Å². The fourth-order valence-corrected chi connectivity index (χ4v) is 2.97. The van der Waals surface area contributed by atoms with E-state index in [0.29, 0.717) is 28.7 Å². The van der Waals surface area contributed by atoms with Gasteiger partial charge in [-0.25, -0.2) is 13.2 Å². The first-order chi connectivity index (χ1) is 12.3. The van der Waals surface area contributed by atoms with E-state index in [4.69, 9.17) is 5.73 Å². The van der Waals surface area contributed by atoms with Gasteiger partial charge >= 0.3 is 0 Å². The third-order valence-corrected chi connectivity index (χ3v) is 4.29. The van der Waals surface area contributed by atoms with Crippen LogP contribution in [0.2, 0.25) is 6.82 Å². The number of anilines is 1. The van der Waals surface area contributed by atoms with Crippen molar-refractivity contribution in [1.82, 2.24) is 0 Å². The van der Waals surface area contributed by atoms with Crippen molar-refractivity contribution in [3.05, 3.63) is 82.8 Å². The fourth-order valence-electron chi connectivity index (χ4n) is 2.97. The fraction of sp³-hybridized carbons (Fsp3) is 0.238. The molecule has 1 radical (unpaired) electrons. The summed E-state index contributed by atoms with van der Waals surface area (Å²) < 4.78 is 40.6. The number of aryl methyl sites for hydroxylation is 1. The van der Waals surface area contributed by atoms with Crippen LogP contribution in [0.5, 0.6) is 0 Å². The van der Waals surface area contributed by atoms with Crippen LogP contribution in [0.25, 0.3) is 5.47 Å². The highest BCUT2D eigenvalue weighted by Crippen LogP contribution is 2.30. The predicted molar refractivity (Wildman–Crippen MR) is 105 cm³/mol. The maximum absolute atomic E-state index is 14.0. The molecule has 0 spiro atoms. The summed E-state index contributed by atoms with van der Waals surface area (Å²) in [6, 6.07) is 2.64. The van der Waals surface area contributed by atoms with Crippen molar-refractivity contribution in [2.75, 3.05) is 5.73 Å². The summed E-state index contributed by atoms with van der Waals surface area (Å²) in [6.07, 6.45) is 9.39. The lowest BCUT2D eigenvalue weighted by Crippen LogP contribution is -2.01. The van der Waals surface area contributed by atoms with Crippen molar-refractivity contribution in [2.24, 2.45) is 5.92 Å². The summed E-state index contributed by atoms with van der Waals surface area (Å²) in [5.74, 6) is -0.887. The predicted octanol–water partition coefficient (Wildman–Crippen LogP) is 6.04. The maximum Gasteiger partial charge on any atom is 0.149 e. The van der Waals surface area contributed by atoms with Gasteiger partial charge in [-0.2, -0.15) is 0 Å². The summed E-state index contributed by atoms with van der Waals surface area (Å²) in [4.78, 5) is 0. The average molecular weight is 356 g/mol. The Kier molecular flexibility index (Phi) is 6.73. The molecular formula is C21H22BF3N. The van der Waals surface area contributed by atoms with Crippen LogP contribution in [-0.4, -0.2) is 7.28 Å². The summed E-state index contributed by atoms with van der Waals surface area (Å²) >= 11 is 0. The van der Waals surface area contributed by atoms with Gasteiger partial charge in [0.15, 0.2) is 0 Å². The molecule has 135 valence electrons. The molecule has 26 heavy (non-hydrogen) atoms. The van der Waals surface area contributed by atoms with Gasteiger partial charge in [0.25, 0.3) is 0 Å². The first-order valence-electron chi connectivity index (χ1n) is 8.49. The van der Waals surface area contributed by atoms with Crippen LogP contribution >= 0.6 is 0 Å². The second-order valence-electron chi connectivity index (χ2n) is 6.37. The molecule has 0 bridgehead atoms. The van der Waals surface area contributed by atoms with Crippen LogP contribution in [0.1, 0.15) is 24.5 Å². The lowest BCUT2D eigenvalue weighted by atomic mass is 9.67. The number of benzene rings is 1. The minimum atomic E-state index is -0.449. The molecule has 1 aromatic rings. The molecule has 1 atom stereocenters. The second kappa shape index (κ2) is 8.79. The normalized spacial score (nSPS) is 20.2. The molecule has 1 aromatic carbocycles. The zero-order valence-electron chi connectivity index (χ0n) is 15.2. The van der Waals surface area contributed by atoms with Crippen LogP contribution in [0.3, 0.4) is 0 Å². The highest BCUT2D eigenvalue weighted by atomic mass is 19.1. The lowest BCUT2D eigenvalue weighted by Gasteiger charge is -2.12. The third kappa shape index (κ3) is 5.04.